The number of benzene rings is 1. The Hall–Kier alpha value is 1.24. The number of rotatable bonds is 5. The molecule has 78 valence electrons. The number of hydrogen-bond acceptors (Lipinski definition) is 3. The van der Waals surface area contributed by atoms with E-state index in [1.807, 2.05) is 30.3 Å². The minimum Gasteiger partial charge on any atom is -0.396 e. The third kappa shape index (κ3) is 7.54. The number of hydrogen-bond donors (Lipinski definition) is 2. The van der Waals surface area contributed by atoms with Crippen molar-refractivity contribution in [2.45, 2.75) is 12.6 Å². The smallest absolute Gasteiger partial charge is 0.184 e. The van der Waals surface area contributed by atoms with Crippen molar-refractivity contribution in [2.24, 2.45) is 0 Å². The minimum absolute atomic E-state index is 0. The summed E-state index contributed by atoms with van der Waals surface area (Å²) in [6.45, 7) is -0.187. The van der Waals surface area contributed by atoms with Crippen LogP contribution < -0.4 is 0 Å². The van der Waals surface area contributed by atoms with Crippen molar-refractivity contribution in [1.29, 1.82) is 0 Å². The zero-order valence-corrected chi connectivity index (χ0v) is 14.7. The van der Waals surface area contributed by atoms with Gasteiger partial charge in [-0.2, -0.15) is 0 Å². The molecule has 0 saturated carbocycles. The third-order valence-corrected chi connectivity index (χ3v) is 3.25. The first-order chi connectivity index (χ1) is 6.74. The van der Waals surface area contributed by atoms with Gasteiger partial charge in [0.25, 0.3) is 0 Å². The zero-order valence-electron chi connectivity index (χ0n) is 9.76. The van der Waals surface area contributed by atoms with Crippen LogP contribution in [0.3, 0.4) is 0 Å². The fraction of sp³-hybridized carbons (Fsp3) is 0.300. The molecule has 1 unspecified atom stereocenters. The molecule has 1 rings (SSSR count). The van der Waals surface area contributed by atoms with E-state index in [0.29, 0.717) is 6.16 Å². The number of aliphatic hydroxyl groups is 1. The Morgan fingerprint density at radius 3 is 2.25 bits per heavy atom. The van der Waals surface area contributed by atoms with E-state index in [4.69, 9.17) is 5.11 Å². The molecule has 0 aliphatic rings. The maximum atomic E-state index is 11.2. The van der Waals surface area contributed by atoms with Crippen LogP contribution in [0.1, 0.15) is 12.0 Å². The van der Waals surface area contributed by atoms with E-state index in [1.54, 1.807) is 0 Å². The zero-order chi connectivity index (χ0) is 10.4. The Labute approximate surface area is 141 Å². The van der Waals surface area contributed by atoms with Gasteiger partial charge in [-0.05, 0) is 5.56 Å². The summed E-state index contributed by atoms with van der Waals surface area (Å²) in [6.07, 6.45) is 0.435. The van der Waals surface area contributed by atoms with Gasteiger partial charge in [-0.25, -0.2) is 0 Å². The normalized spacial score (nSPS) is 10.9. The fourth-order valence-electron chi connectivity index (χ4n) is 1.07. The number of aliphatic hydroxyl groups excluding tert-OH is 1. The van der Waals surface area contributed by atoms with Gasteiger partial charge < -0.3 is 10.00 Å². The second-order valence-electron chi connectivity index (χ2n) is 2.91. The molecule has 0 aromatic heterocycles. The maximum Gasteiger partial charge on any atom is 0.184 e. The van der Waals surface area contributed by atoms with E-state index in [9.17, 15) is 9.69 Å². The summed E-state index contributed by atoms with van der Waals surface area (Å²) in [5.74, 6) is 0. The summed E-state index contributed by atoms with van der Waals surface area (Å²) >= 11 is 0. The molecule has 0 aliphatic carbocycles. The molecule has 0 fully saturated rings. The van der Waals surface area contributed by atoms with Crippen LogP contribution in [0.15, 0.2) is 30.3 Å². The van der Waals surface area contributed by atoms with Crippen molar-refractivity contribution in [3.63, 3.8) is 0 Å². The number of carbonyl (C=O) groups is 1. The van der Waals surface area contributed by atoms with Crippen LogP contribution in [0, 0.1) is 0 Å². The molecular weight excluding hydrogens is 245 g/mol. The summed E-state index contributed by atoms with van der Waals surface area (Å²) in [6, 6.07) is 9.37. The second-order valence-corrected chi connectivity index (χ2v) is 4.52. The van der Waals surface area contributed by atoms with Crippen molar-refractivity contribution in [2.75, 3.05) is 6.61 Å². The molecule has 1 aromatic carbocycles. The van der Waals surface area contributed by atoms with Crippen LogP contribution in [0.2, 0.25) is 0 Å². The molecular formula is C10H13Na2O3P. The average molecular weight is 258 g/mol. The van der Waals surface area contributed by atoms with Crippen molar-refractivity contribution >= 4 is 72.8 Å². The molecule has 0 bridgehead atoms. The molecule has 2 N–H and O–H groups in total. The minimum atomic E-state index is -1.62. The second kappa shape index (κ2) is 11.3. The van der Waals surface area contributed by atoms with E-state index in [0.717, 1.165) is 5.56 Å². The first kappa shape index (κ1) is 19.6. The third-order valence-electron chi connectivity index (χ3n) is 1.79. The Morgan fingerprint density at radius 1 is 1.19 bits per heavy atom. The number of carbonyl (C=O) groups excluding carboxylic acids is 1. The van der Waals surface area contributed by atoms with Crippen LogP contribution >= 0.6 is 8.15 Å². The summed E-state index contributed by atoms with van der Waals surface area (Å²) in [5, 5.41) is 8.53. The van der Waals surface area contributed by atoms with Gasteiger partial charge in [0.15, 0.2) is 5.52 Å². The predicted octanol–water partition coefficient (Wildman–Crippen LogP) is 0.723. The van der Waals surface area contributed by atoms with E-state index in [-0.39, 0.29) is 77.7 Å². The molecule has 3 nitrogen and oxygen atoms in total. The predicted molar refractivity (Wildman–Crippen MR) is 67.5 cm³/mol. The standard InChI is InChI=1S/C10H13O3P.2Na/c11-7-6-10(12)14(13)8-9-4-2-1-3-5-9;;/h1-5,11,13H,6-8H2;;. The van der Waals surface area contributed by atoms with Crippen molar-refractivity contribution in [1.82, 2.24) is 0 Å². The SMILES string of the molecule is O=C(CCO)P(O)Cc1ccccc1.[Na].[Na]. The molecule has 6 heteroatoms. The monoisotopic (exact) mass is 258 g/mol. The summed E-state index contributed by atoms with van der Waals surface area (Å²) in [4.78, 5) is 20.7. The molecule has 1 aromatic rings. The summed E-state index contributed by atoms with van der Waals surface area (Å²) in [7, 11) is -1.62. The molecule has 1 atom stereocenters. The molecule has 0 heterocycles. The topological polar surface area (TPSA) is 57.5 Å². The van der Waals surface area contributed by atoms with E-state index in [1.165, 1.54) is 0 Å². The van der Waals surface area contributed by atoms with Gasteiger partial charge in [0.05, 0.1) is 14.8 Å². The van der Waals surface area contributed by atoms with Gasteiger partial charge in [-0.1, -0.05) is 30.3 Å². The van der Waals surface area contributed by atoms with E-state index >= 15 is 0 Å². The van der Waals surface area contributed by atoms with Crippen molar-refractivity contribution in [3.8, 4) is 0 Å². The quantitative estimate of drug-likeness (QED) is 0.604. The molecule has 0 amide bonds. The van der Waals surface area contributed by atoms with Crippen LogP contribution in [0.4, 0.5) is 0 Å². The van der Waals surface area contributed by atoms with Crippen molar-refractivity contribution in [3.05, 3.63) is 35.9 Å². The average Bonchev–Trinajstić information content (AvgIpc) is 2.19. The maximum absolute atomic E-state index is 11.2. The van der Waals surface area contributed by atoms with E-state index in [2.05, 4.69) is 0 Å². The molecule has 2 radical (unpaired) electrons. The molecule has 0 spiro atoms. The first-order valence-corrected chi connectivity index (χ1v) is 5.86. The molecule has 0 saturated heterocycles. The van der Waals surface area contributed by atoms with E-state index < -0.39 is 8.15 Å². The molecule has 16 heavy (non-hydrogen) atoms. The Kier molecular flexibility index (Phi) is 13.9. The largest absolute Gasteiger partial charge is 0.396 e. The van der Waals surface area contributed by atoms with Gasteiger partial charge >= 0.3 is 0 Å². The van der Waals surface area contributed by atoms with Crippen molar-refractivity contribution < 1.29 is 14.8 Å². The van der Waals surface area contributed by atoms with Crippen LogP contribution in [0.5, 0.6) is 0 Å². The summed E-state index contributed by atoms with van der Waals surface area (Å²) in [5.41, 5.74) is 0.707. The van der Waals surface area contributed by atoms with Gasteiger partial charge in [-0.15, -0.1) is 0 Å². The van der Waals surface area contributed by atoms with Gasteiger partial charge in [0.1, 0.15) is 0 Å². The van der Waals surface area contributed by atoms with Crippen LogP contribution in [-0.4, -0.2) is 81.2 Å². The Bertz CT molecular complexity index is 295. The van der Waals surface area contributed by atoms with Crippen LogP contribution in [0.25, 0.3) is 0 Å². The summed E-state index contributed by atoms with van der Waals surface area (Å²) < 4.78 is 0. The Balaban J connectivity index is 0. The van der Waals surface area contributed by atoms with Crippen LogP contribution in [-0.2, 0) is 11.0 Å². The Morgan fingerprint density at radius 2 is 1.75 bits per heavy atom. The van der Waals surface area contributed by atoms with Gasteiger partial charge in [0.2, 0.25) is 0 Å². The first-order valence-electron chi connectivity index (χ1n) is 4.38. The fourth-order valence-corrected chi connectivity index (χ4v) is 2.16. The molecule has 0 aliphatic heterocycles. The van der Waals surface area contributed by atoms with Gasteiger partial charge in [-0.3, -0.25) is 4.79 Å². The van der Waals surface area contributed by atoms with Gasteiger partial charge in [0, 0.05) is 71.7 Å².